The molecule has 2 aliphatic rings. The van der Waals surface area contributed by atoms with Gasteiger partial charge in [0.1, 0.15) is 0 Å². The number of carbonyl (C=O) groups is 2. The number of carboxylic acid groups (broad SMARTS) is 1. The molecular formula is C14H23NO3. The lowest BCUT2D eigenvalue weighted by Gasteiger charge is -2.39. The van der Waals surface area contributed by atoms with E-state index in [1.54, 1.807) is 4.90 Å². The van der Waals surface area contributed by atoms with E-state index in [1.165, 1.54) is 0 Å². The molecule has 4 nitrogen and oxygen atoms in total. The van der Waals surface area contributed by atoms with E-state index in [0.717, 1.165) is 19.3 Å². The number of hydrogen-bond acceptors (Lipinski definition) is 2. The van der Waals surface area contributed by atoms with E-state index in [-0.39, 0.29) is 23.8 Å². The van der Waals surface area contributed by atoms with Gasteiger partial charge in [-0.05, 0) is 38.0 Å². The maximum Gasteiger partial charge on any atom is 0.310 e. The van der Waals surface area contributed by atoms with Gasteiger partial charge in [0, 0.05) is 19.5 Å². The van der Waals surface area contributed by atoms with Crippen molar-refractivity contribution in [3.63, 3.8) is 0 Å². The topological polar surface area (TPSA) is 57.6 Å². The zero-order valence-corrected chi connectivity index (χ0v) is 11.5. The standard InChI is InChI=1S/C14H23NO3/c1-10(13(2)7-8-13)15(3)11(16)9-14(12(17)18)5-4-6-14/h10H,4-9H2,1-3H3,(H,17,18). The van der Waals surface area contributed by atoms with Crippen LogP contribution in [-0.2, 0) is 9.59 Å². The first kappa shape index (κ1) is 13.4. The number of hydrogen-bond donors (Lipinski definition) is 1. The van der Waals surface area contributed by atoms with Gasteiger partial charge in [-0.1, -0.05) is 13.3 Å². The van der Waals surface area contributed by atoms with Crippen LogP contribution in [-0.4, -0.2) is 35.0 Å². The van der Waals surface area contributed by atoms with Crippen molar-refractivity contribution in [2.24, 2.45) is 10.8 Å². The Morgan fingerprint density at radius 3 is 2.17 bits per heavy atom. The molecule has 0 aromatic heterocycles. The van der Waals surface area contributed by atoms with Crippen LogP contribution in [0.2, 0.25) is 0 Å². The molecule has 2 aliphatic carbocycles. The van der Waals surface area contributed by atoms with Crippen LogP contribution < -0.4 is 0 Å². The maximum atomic E-state index is 12.2. The van der Waals surface area contributed by atoms with Crippen LogP contribution in [0.3, 0.4) is 0 Å². The van der Waals surface area contributed by atoms with E-state index >= 15 is 0 Å². The predicted molar refractivity (Wildman–Crippen MR) is 68.1 cm³/mol. The van der Waals surface area contributed by atoms with Crippen molar-refractivity contribution in [3.05, 3.63) is 0 Å². The molecule has 102 valence electrons. The van der Waals surface area contributed by atoms with E-state index in [2.05, 4.69) is 13.8 Å². The van der Waals surface area contributed by atoms with Gasteiger partial charge in [-0.25, -0.2) is 0 Å². The zero-order valence-electron chi connectivity index (χ0n) is 11.5. The van der Waals surface area contributed by atoms with Crippen LogP contribution in [0.1, 0.15) is 52.4 Å². The first-order valence-electron chi connectivity index (χ1n) is 6.80. The third kappa shape index (κ3) is 2.13. The van der Waals surface area contributed by atoms with Crippen LogP contribution in [0.4, 0.5) is 0 Å². The Kier molecular flexibility index (Phi) is 3.16. The van der Waals surface area contributed by atoms with Gasteiger partial charge in [0.05, 0.1) is 5.41 Å². The summed E-state index contributed by atoms with van der Waals surface area (Å²) in [6.07, 6.45) is 4.71. The first-order chi connectivity index (χ1) is 8.31. The smallest absolute Gasteiger partial charge is 0.310 e. The monoisotopic (exact) mass is 253 g/mol. The number of carbonyl (C=O) groups excluding carboxylic acids is 1. The van der Waals surface area contributed by atoms with E-state index in [9.17, 15) is 14.7 Å². The van der Waals surface area contributed by atoms with Crippen molar-refractivity contribution in [3.8, 4) is 0 Å². The molecule has 0 heterocycles. The molecule has 2 rings (SSSR count). The summed E-state index contributed by atoms with van der Waals surface area (Å²) in [6.45, 7) is 4.26. The van der Waals surface area contributed by atoms with Gasteiger partial charge in [-0.15, -0.1) is 0 Å². The van der Waals surface area contributed by atoms with Gasteiger partial charge < -0.3 is 10.0 Å². The molecule has 1 atom stereocenters. The lowest BCUT2D eigenvalue weighted by molar-refractivity contribution is -0.160. The summed E-state index contributed by atoms with van der Waals surface area (Å²) in [6, 6.07) is 0.205. The normalized spacial score (nSPS) is 24.8. The first-order valence-corrected chi connectivity index (χ1v) is 6.80. The average Bonchev–Trinajstić information content (AvgIpc) is 3.00. The highest BCUT2D eigenvalue weighted by Crippen LogP contribution is 2.50. The van der Waals surface area contributed by atoms with Crippen molar-refractivity contribution in [1.29, 1.82) is 0 Å². The van der Waals surface area contributed by atoms with Gasteiger partial charge >= 0.3 is 5.97 Å². The molecule has 0 aromatic carbocycles. The summed E-state index contributed by atoms with van der Waals surface area (Å²) >= 11 is 0. The van der Waals surface area contributed by atoms with E-state index in [4.69, 9.17) is 0 Å². The second-order valence-electron chi connectivity index (χ2n) is 6.45. The van der Waals surface area contributed by atoms with Crippen LogP contribution in [0, 0.1) is 10.8 Å². The van der Waals surface area contributed by atoms with E-state index in [1.807, 2.05) is 7.05 Å². The lowest BCUT2D eigenvalue weighted by atomic mass is 9.66. The Morgan fingerprint density at radius 2 is 1.83 bits per heavy atom. The van der Waals surface area contributed by atoms with E-state index < -0.39 is 11.4 Å². The third-order valence-corrected chi connectivity index (χ3v) is 5.28. The molecule has 18 heavy (non-hydrogen) atoms. The highest BCUT2D eigenvalue weighted by molar-refractivity contribution is 5.85. The molecule has 0 radical (unpaired) electrons. The largest absolute Gasteiger partial charge is 0.481 e. The van der Waals surface area contributed by atoms with Crippen molar-refractivity contribution in [2.45, 2.75) is 58.4 Å². The molecule has 2 fully saturated rings. The molecule has 2 saturated carbocycles. The minimum absolute atomic E-state index is 0.0160. The molecule has 0 spiro atoms. The number of nitrogens with zero attached hydrogens (tertiary/aromatic N) is 1. The number of amides is 1. The summed E-state index contributed by atoms with van der Waals surface area (Å²) in [5, 5.41) is 9.25. The van der Waals surface area contributed by atoms with Crippen LogP contribution in [0.25, 0.3) is 0 Å². The molecular weight excluding hydrogens is 230 g/mol. The Hall–Kier alpha value is -1.06. The quantitative estimate of drug-likeness (QED) is 0.817. The Labute approximate surface area is 108 Å². The summed E-state index contributed by atoms with van der Waals surface area (Å²) in [7, 11) is 1.81. The molecule has 0 saturated heterocycles. The summed E-state index contributed by atoms with van der Waals surface area (Å²) in [5.41, 5.74) is -0.518. The molecule has 1 amide bonds. The van der Waals surface area contributed by atoms with Crippen molar-refractivity contribution < 1.29 is 14.7 Å². The fraction of sp³-hybridized carbons (Fsp3) is 0.857. The number of aliphatic carboxylic acids is 1. The summed E-state index contributed by atoms with van der Waals surface area (Å²) in [4.78, 5) is 25.3. The Bertz CT molecular complexity index is 369. The minimum Gasteiger partial charge on any atom is -0.481 e. The van der Waals surface area contributed by atoms with Crippen molar-refractivity contribution in [2.75, 3.05) is 7.05 Å². The highest BCUT2D eigenvalue weighted by atomic mass is 16.4. The second kappa shape index (κ2) is 4.25. The molecule has 1 N–H and O–H groups in total. The fourth-order valence-electron chi connectivity index (χ4n) is 2.78. The zero-order chi connectivity index (χ0) is 13.6. The van der Waals surface area contributed by atoms with E-state index in [0.29, 0.717) is 12.8 Å². The lowest BCUT2D eigenvalue weighted by Crippen LogP contribution is -2.46. The summed E-state index contributed by atoms with van der Waals surface area (Å²) in [5.74, 6) is -0.821. The molecule has 0 aliphatic heterocycles. The fourth-order valence-corrected chi connectivity index (χ4v) is 2.78. The predicted octanol–water partition coefficient (Wildman–Crippen LogP) is 2.28. The maximum absolute atomic E-state index is 12.2. The number of carboxylic acids is 1. The molecule has 0 bridgehead atoms. The van der Waals surface area contributed by atoms with Gasteiger partial charge in [-0.2, -0.15) is 0 Å². The van der Waals surface area contributed by atoms with Crippen LogP contribution >= 0.6 is 0 Å². The Balaban J connectivity index is 1.97. The van der Waals surface area contributed by atoms with Gasteiger partial charge in [0.15, 0.2) is 0 Å². The van der Waals surface area contributed by atoms with Gasteiger partial charge in [-0.3, -0.25) is 9.59 Å². The van der Waals surface area contributed by atoms with Crippen molar-refractivity contribution in [1.82, 2.24) is 4.90 Å². The highest BCUT2D eigenvalue weighted by Gasteiger charge is 2.49. The second-order valence-corrected chi connectivity index (χ2v) is 6.45. The van der Waals surface area contributed by atoms with Gasteiger partial charge in [0.25, 0.3) is 0 Å². The minimum atomic E-state index is -0.805. The molecule has 4 heteroatoms. The van der Waals surface area contributed by atoms with Crippen molar-refractivity contribution >= 4 is 11.9 Å². The van der Waals surface area contributed by atoms with Gasteiger partial charge in [0.2, 0.25) is 5.91 Å². The van der Waals surface area contributed by atoms with Crippen LogP contribution in [0.15, 0.2) is 0 Å². The Morgan fingerprint density at radius 1 is 1.28 bits per heavy atom. The summed E-state index contributed by atoms with van der Waals surface area (Å²) < 4.78 is 0. The average molecular weight is 253 g/mol. The molecule has 0 aromatic rings. The molecule has 1 unspecified atom stereocenters. The third-order valence-electron chi connectivity index (χ3n) is 5.28. The van der Waals surface area contributed by atoms with Crippen LogP contribution in [0.5, 0.6) is 0 Å². The number of rotatable bonds is 5. The SMILES string of the molecule is CC(N(C)C(=O)CC1(C(=O)O)CCC1)C1(C)CC1.